The van der Waals surface area contributed by atoms with Crippen molar-refractivity contribution in [1.82, 2.24) is 4.90 Å². The summed E-state index contributed by atoms with van der Waals surface area (Å²) in [5.74, 6) is -0.767. The van der Waals surface area contributed by atoms with Crippen LogP contribution in [0.5, 0.6) is 0 Å². The van der Waals surface area contributed by atoms with E-state index in [0.717, 1.165) is 0 Å². The number of carbonyl (C=O) groups is 1. The third-order valence-electron chi connectivity index (χ3n) is 2.51. The molecular formula is C10H19NO4. The van der Waals surface area contributed by atoms with Crippen LogP contribution in [0, 0.1) is 0 Å². The summed E-state index contributed by atoms with van der Waals surface area (Å²) in [4.78, 5) is 13.0. The van der Waals surface area contributed by atoms with E-state index < -0.39 is 12.0 Å². The SMILES string of the molecule is CCOCCC(C(=O)O)N1CCOCC1. The summed E-state index contributed by atoms with van der Waals surface area (Å²) in [6, 6.07) is -0.430. The highest BCUT2D eigenvalue weighted by molar-refractivity contribution is 5.73. The minimum absolute atomic E-state index is 0.430. The molecule has 0 bridgehead atoms. The Morgan fingerprint density at radius 1 is 1.53 bits per heavy atom. The van der Waals surface area contributed by atoms with Gasteiger partial charge in [0.2, 0.25) is 0 Å². The number of hydrogen-bond acceptors (Lipinski definition) is 4. The fourth-order valence-electron chi connectivity index (χ4n) is 1.69. The Labute approximate surface area is 90.0 Å². The quantitative estimate of drug-likeness (QED) is 0.644. The van der Waals surface area contributed by atoms with Crippen molar-refractivity contribution in [3.63, 3.8) is 0 Å². The van der Waals surface area contributed by atoms with Gasteiger partial charge in [0.15, 0.2) is 0 Å². The Morgan fingerprint density at radius 2 is 2.20 bits per heavy atom. The van der Waals surface area contributed by atoms with Crippen LogP contribution >= 0.6 is 0 Å². The minimum atomic E-state index is -0.767. The van der Waals surface area contributed by atoms with Crippen molar-refractivity contribution in [3.05, 3.63) is 0 Å². The van der Waals surface area contributed by atoms with Crippen molar-refractivity contribution < 1.29 is 19.4 Å². The standard InChI is InChI=1S/C10H19NO4/c1-2-14-6-3-9(10(12)13)11-4-7-15-8-5-11/h9H,2-8H2,1H3,(H,12,13). The fraction of sp³-hybridized carbons (Fsp3) is 0.900. The lowest BCUT2D eigenvalue weighted by Crippen LogP contribution is -2.47. The molecule has 1 atom stereocenters. The number of carboxylic acid groups (broad SMARTS) is 1. The normalized spacial score (nSPS) is 20.1. The molecule has 1 aliphatic heterocycles. The molecule has 0 spiro atoms. The summed E-state index contributed by atoms with van der Waals surface area (Å²) >= 11 is 0. The van der Waals surface area contributed by atoms with Gasteiger partial charge in [-0.25, -0.2) is 0 Å². The first-order valence-electron chi connectivity index (χ1n) is 5.38. The monoisotopic (exact) mass is 217 g/mol. The Hall–Kier alpha value is -0.650. The summed E-state index contributed by atoms with van der Waals surface area (Å²) in [7, 11) is 0. The first kappa shape index (κ1) is 12.4. The van der Waals surface area contributed by atoms with Crippen molar-refractivity contribution in [2.24, 2.45) is 0 Å². The van der Waals surface area contributed by atoms with Gasteiger partial charge in [-0.2, -0.15) is 0 Å². The third kappa shape index (κ3) is 4.15. The zero-order valence-electron chi connectivity index (χ0n) is 9.15. The highest BCUT2D eigenvalue weighted by Gasteiger charge is 2.26. The van der Waals surface area contributed by atoms with E-state index in [1.54, 1.807) is 0 Å². The van der Waals surface area contributed by atoms with Crippen LogP contribution in [0.1, 0.15) is 13.3 Å². The lowest BCUT2D eigenvalue weighted by atomic mass is 10.1. The molecule has 1 N–H and O–H groups in total. The number of morpholine rings is 1. The third-order valence-corrected chi connectivity index (χ3v) is 2.51. The molecule has 1 heterocycles. The van der Waals surface area contributed by atoms with Crippen LogP contribution in [0.15, 0.2) is 0 Å². The van der Waals surface area contributed by atoms with Crippen LogP contribution < -0.4 is 0 Å². The van der Waals surface area contributed by atoms with E-state index in [0.29, 0.717) is 45.9 Å². The Kier molecular flexibility index (Phi) is 5.60. The number of hydrogen-bond donors (Lipinski definition) is 1. The molecule has 88 valence electrons. The number of aliphatic carboxylic acids is 1. The van der Waals surface area contributed by atoms with E-state index in [4.69, 9.17) is 14.6 Å². The van der Waals surface area contributed by atoms with Gasteiger partial charge in [-0.1, -0.05) is 0 Å². The number of carboxylic acids is 1. The van der Waals surface area contributed by atoms with Crippen LogP contribution in [0.4, 0.5) is 0 Å². The minimum Gasteiger partial charge on any atom is -0.480 e. The van der Waals surface area contributed by atoms with Gasteiger partial charge in [0.1, 0.15) is 6.04 Å². The van der Waals surface area contributed by atoms with Gasteiger partial charge in [-0.05, 0) is 13.3 Å². The summed E-state index contributed by atoms with van der Waals surface area (Å²) in [6.45, 7) is 5.69. The molecule has 1 saturated heterocycles. The molecule has 1 fully saturated rings. The van der Waals surface area contributed by atoms with Gasteiger partial charge < -0.3 is 14.6 Å². The van der Waals surface area contributed by atoms with Crippen molar-refractivity contribution in [1.29, 1.82) is 0 Å². The number of nitrogens with zero attached hydrogens (tertiary/aromatic N) is 1. The topological polar surface area (TPSA) is 59.0 Å². The molecule has 0 aliphatic carbocycles. The van der Waals surface area contributed by atoms with E-state index in [2.05, 4.69) is 0 Å². The average molecular weight is 217 g/mol. The van der Waals surface area contributed by atoms with Crippen LogP contribution in [-0.2, 0) is 14.3 Å². The summed E-state index contributed by atoms with van der Waals surface area (Å²) in [6.07, 6.45) is 0.545. The molecule has 15 heavy (non-hydrogen) atoms. The molecule has 5 heteroatoms. The molecule has 0 saturated carbocycles. The van der Waals surface area contributed by atoms with Gasteiger partial charge in [-0.3, -0.25) is 9.69 Å². The maximum Gasteiger partial charge on any atom is 0.321 e. The highest BCUT2D eigenvalue weighted by Crippen LogP contribution is 2.08. The predicted octanol–water partition coefficient (Wildman–Crippen LogP) is 0.198. The Balaban J connectivity index is 2.37. The van der Waals surface area contributed by atoms with Gasteiger partial charge >= 0.3 is 5.97 Å². The Bertz CT molecular complexity index is 192. The summed E-state index contributed by atoms with van der Waals surface area (Å²) in [5.41, 5.74) is 0. The van der Waals surface area contributed by atoms with Crippen LogP contribution in [0.25, 0.3) is 0 Å². The maximum absolute atomic E-state index is 11.1. The highest BCUT2D eigenvalue weighted by atomic mass is 16.5. The van der Waals surface area contributed by atoms with Gasteiger partial charge in [-0.15, -0.1) is 0 Å². The summed E-state index contributed by atoms with van der Waals surface area (Å²) in [5, 5.41) is 9.09. The second kappa shape index (κ2) is 6.76. The van der Waals surface area contributed by atoms with E-state index >= 15 is 0 Å². The first-order valence-corrected chi connectivity index (χ1v) is 5.38. The molecule has 0 aromatic heterocycles. The van der Waals surface area contributed by atoms with Gasteiger partial charge in [0.25, 0.3) is 0 Å². The van der Waals surface area contributed by atoms with Crippen molar-refractivity contribution in [2.45, 2.75) is 19.4 Å². The van der Waals surface area contributed by atoms with Crippen LogP contribution in [0.3, 0.4) is 0 Å². The predicted molar refractivity (Wildman–Crippen MR) is 54.9 cm³/mol. The van der Waals surface area contributed by atoms with Crippen LogP contribution in [0.2, 0.25) is 0 Å². The fourth-order valence-corrected chi connectivity index (χ4v) is 1.69. The van der Waals surface area contributed by atoms with Crippen LogP contribution in [-0.4, -0.2) is 61.5 Å². The molecule has 0 aromatic carbocycles. The average Bonchev–Trinajstić information content (AvgIpc) is 2.25. The maximum atomic E-state index is 11.1. The van der Waals surface area contributed by atoms with Crippen molar-refractivity contribution >= 4 is 5.97 Å². The second-order valence-electron chi connectivity index (χ2n) is 3.49. The van der Waals surface area contributed by atoms with E-state index in [-0.39, 0.29) is 0 Å². The largest absolute Gasteiger partial charge is 0.480 e. The molecule has 0 amide bonds. The first-order chi connectivity index (χ1) is 7.25. The molecule has 1 rings (SSSR count). The number of rotatable bonds is 6. The van der Waals surface area contributed by atoms with E-state index in [9.17, 15) is 4.79 Å². The van der Waals surface area contributed by atoms with Gasteiger partial charge in [0, 0.05) is 26.3 Å². The van der Waals surface area contributed by atoms with E-state index in [1.165, 1.54) is 0 Å². The van der Waals surface area contributed by atoms with Crippen molar-refractivity contribution in [3.8, 4) is 0 Å². The second-order valence-corrected chi connectivity index (χ2v) is 3.49. The summed E-state index contributed by atoms with van der Waals surface area (Å²) < 4.78 is 10.4. The van der Waals surface area contributed by atoms with Gasteiger partial charge in [0.05, 0.1) is 13.2 Å². The van der Waals surface area contributed by atoms with E-state index in [1.807, 2.05) is 11.8 Å². The zero-order valence-corrected chi connectivity index (χ0v) is 9.15. The number of ether oxygens (including phenoxy) is 2. The lowest BCUT2D eigenvalue weighted by Gasteiger charge is -2.31. The van der Waals surface area contributed by atoms with Crippen molar-refractivity contribution in [2.75, 3.05) is 39.5 Å². The zero-order chi connectivity index (χ0) is 11.1. The smallest absolute Gasteiger partial charge is 0.321 e. The lowest BCUT2D eigenvalue weighted by molar-refractivity contribution is -0.146. The molecule has 5 nitrogen and oxygen atoms in total. The molecular weight excluding hydrogens is 198 g/mol. The molecule has 0 aromatic rings. The molecule has 1 aliphatic rings. The Morgan fingerprint density at radius 3 is 2.73 bits per heavy atom. The molecule has 1 unspecified atom stereocenters. The molecule has 0 radical (unpaired) electrons.